The lowest BCUT2D eigenvalue weighted by molar-refractivity contribution is 0.356. The van der Waals surface area contributed by atoms with Gasteiger partial charge in [0, 0.05) is 21.5 Å². The molecule has 1 aromatic heterocycles. The average molecular weight is 305 g/mol. The molecule has 110 valence electrons. The van der Waals surface area contributed by atoms with Crippen LogP contribution >= 0.6 is 11.6 Å². The Morgan fingerprint density at radius 3 is 2.76 bits per heavy atom. The highest BCUT2D eigenvalue weighted by atomic mass is 35.5. The second-order valence-electron chi connectivity index (χ2n) is 5.43. The van der Waals surface area contributed by atoms with Crippen molar-refractivity contribution in [1.82, 2.24) is 0 Å². The number of halogens is 1. The molecule has 0 saturated heterocycles. The highest BCUT2D eigenvalue weighted by Gasteiger charge is 2.19. The third kappa shape index (κ3) is 2.58. The number of hydrogen-bond donors (Lipinski definition) is 0. The van der Waals surface area contributed by atoms with Gasteiger partial charge < -0.3 is 9.15 Å². The molecule has 1 heterocycles. The summed E-state index contributed by atoms with van der Waals surface area (Å²) in [6.45, 7) is 5.74. The molecule has 0 N–H and O–H groups in total. The normalized spacial score (nSPS) is 14.0. The van der Waals surface area contributed by atoms with Crippen molar-refractivity contribution in [1.29, 1.82) is 0 Å². The Bertz CT molecular complexity index is 774. The number of benzene rings is 1. The first-order valence-electron chi connectivity index (χ1n) is 7.12. The summed E-state index contributed by atoms with van der Waals surface area (Å²) in [4.78, 5) is 12.2. The van der Waals surface area contributed by atoms with Crippen LogP contribution < -0.4 is 10.4 Å². The van der Waals surface area contributed by atoms with Gasteiger partial charge in [-0.3, -0.25) is 0 Å². The maximum Gasteiger partial charge on any atom is 0.339 e. The Kier molecular flexibility index (Phi) is 3.77. The molecule has 0 amide bonds. The molecule has 0 radical (unpaired) electrons. The quantitative estimate of drug-likeness (QED) is 0.801. The van der Waals surface area contributed by atoms with E-state index in [9.17, 15) is 4.79 Å². The summed E-state index contributed by atoms with van der Waals surface area (Å²) in [6.07, 6.45) is 3.93. The molecule has 3 nitrogen and oxygen atoms in total. The van der Waals surface area contributed by atoms with Crippen molar-refractivity contribution in [3.8, 4) is 5.75 Å². The summed E-state index contributed by atoms with van der Waals surface area (Å²) in [6, 6.07) is 3.88. The van der Waals surface area contributed by atoms with Crippen LogP contribution in [0, 0.1) is 6.92 Å². The second-order valence-corrected chi connectivity index (χ2v) is 5.96. The third-order valence-electron chi connectivity index (χ3n) is 3.97. The lowest BCUT2D eigenvalue weighted by atomic mass is 9.90. The van der Waals surface area contributed by atoms with E-state index in [0.29, 0.717) is 16.4 Å². The minimum Gasteiger partial charge on any atom is -0.488 e. The van der Waals surface area contributed by atoms with Crippen LogP contribution in [-0.4, -0.2) is 6.61 Å². The van der Waals surface area contributed by atoms with E-state index >= 15 is 0 Å². The van der Waals surface area contributed by atoms with Crippen molar-refractivity contribution in [3.05, 3.63) is 50.9 Å². The fourth-order valence-electron chi connectivity index (χ4n) is 2.94. The molecule has 0 saturated carbocycles. The first-order chi connectivity index (χ1) is 10.1. The summed E-state index contributed by atoms with van der Waals surface area (Å²) < 4.78 is 11.1. The molecule has 4 heteroatoms. The molecule has 0 atom stereocenters. The highest BCUT2D eigenvalue weighted by Crippen LogP contribution is 2.32. The van der Waals surface area contributed by atoms with E-state index in [0.717, 1.165) is 47.8 Å². The molecule has 1 aliphatic carbocycles. The molecule has 0 unspecified atom stereocenters. The Morgan fingerprint density at radius 1 is 1.33 bits per heavy atom. The Balaban J connectivity index is 2.16. The molecular weight excluding hydrogens is 288 g/mol. The van der Waals surface area contributed by atoms with Crippen LogP contribution in [0.2, 0.25) is 0 Å². The molecule has 21 heavy (non-hydrogen) atoms. The number of rotatable bonds is 3. The summed E-state index contributed by atoms with van der Waals surface area (Å²) in [5.41, 5.74) is 3.23. The molecule has 1 aromatic carbocycles. The van der Waals surface area contributed by atoms with Gasteiger partial charge >= 0.3 is 5.63 Å². The summed E-state index contributed by atoms with van der Waals surface area (Å²) in [5.74, 6) is 0.670. The second kappa shape index (κ2) is 5.57. The number of hydrogen-bond acceptors (Lipinski definition) is 3. The van der Waals surface area contributed by atoms with Gasteiger partial charge in [0.15, 0.2) is 0 Å². The summed E-state index contributed by atoms with van der Waals surface area (Å²) in [5, 5.41) is 1.46. The van der Waals surface area contributed by atoms with E-state index in [1.54, 1.807) is 0 Å². The zero-order chi connectivity index (χ0) is 15.0. The Hall–Kier alpha value is -1.74. The lowest BCUT2D eigenvalue weighted by Gasteiger charge is -2.17. The van der Waals surface area contributed by atoms with Gasteiger partial charge in [0.25, 0.3) is 0 Å². The molecule has 0 spiro atoms. The van der Waals surface area contributed by atoms with Crippen LogP contribution in [0.1, 0.15) is 29.5 Å². The van der Waals surface area contributed by atoms with Crippen LogP contribution in [0.4, 0.5) is 0 Å². The largest absolute Gasteiger partial charge is 0.488 e. The van der Waals surface area contributed by atoms with Crippen LogP contribution in [0.15, 0.2) is 33.0 Å². The monoisotopic (exact) mass is 304 g/mol. The number of fused-ring (bicyclic) bond motifs is 3. The standard InChI is InChI=1S/C17H17ClO3/c1-10(18)9-20-15-8-7-13-12-5-3-4-6-14(12)17(19)21-16(13)11(15)2/h7-8H,1,3-6,9H2,2H3. The predicted octanol–water partition coefficient (Wildman–Crippen LogP) is 4.11. The molecular formula is C17H17ClO3. The van der Waals surface area contributed by atoms with E-state index < -0.39 is 0 Å². The Morgan fingerprint density at radius 2 is 2.05 bits per heavy atom. The lowest BCUT2D eigenvalue weighted by Crippen LogP contribution is -2.16. The predicted molar refractivity (Wildman–Crippen MR) is 84.4 cm³/mol. The van der Waals surface area contributed by atoms with Crippen LogP contribution in [-0.2, 0) is 12.8 Å². The van der Waals surface area contributed by atoms with Crippen LogP contribution in [0.25, 0.3) is 11.0 Å². The van der Waals surface area contributed by atoms with Crippen molar-refractivity contribution >= 4 is 22.6 Å². The van der Waals surface area contributed by atoms with Gasteiger partial charge in [-0.15, -0.1) is 0 Å². The topological polar surface area (TPSA) is 39.4 Å². The van der Waals surface area contributed by atoms with Crippen molar-refractivity contribution in [2.24, 2.45) is 0 Å². The van der Waals surface area contributed by atoms with Crippen molar-refractivity contribution in [2.45, 2.75) is 32.6 Å². The van der Waals surface area contributed by atoms with E-state index in [1.165, 1.54) is 0 Å². The van der Waals surface area contributed by atoms with Crippen molar-refractivity contribution < 1.29 is 9.15 Å². The molecule has 1 aliphatic rings. The minimum absolute atomic E-state index is 0.209. The van der Waals surface area contributed by atoms with Gasteiger partial charge in [-0.1, -0.05) is 18.2 Å². The van der Waals surface area contributed by atoms with Gasteiger partial charge in [0.2, 0.25) is 0 Å². The number of ether oxygens (including phenoxy) is 1. The maximum absolute atomic E-state index is 12.2. The molecule has 0 aliphatic heterocycles. The zero-order valence-electron chi connectivity index (χ0n) is 12.0. The minimum atomic E-state index is -0.209. The van der Waals surface area contributed by atoms with E-state index in [-0.39, 0.29) is 12.2 Å². The zero-order valence-corrected chi connectivity index (χ0v) is 12.8. The highest BCUT2D eigenvalue weighted by molar-refractivity contribution is 6.29. The Labute approximate surface area is 128 Å². The SMILES string of the molecule is C=C(Cl)COc1ccc2c3c(c(=O)oc2c1C)CCCC3. The molecule has 0 fully saturated rings. The van der Waals surface area contributed by atoms with Crippen molar-refractivity contribution in [2.75, 3.05) is 6.61 Å². The maximum atomic E-state index is 12.2. The summed E-state index contributed by atoms with van der Waals surface area (Å²) >= 11 is 5.73. The van der Waals surface area contributed by atoms with E-state index in [2.05, 4.69) is 6.58 Å². The average Bonchev–Trinajstić information content (AvgIpc) is 2.47. The van der Waals surface area contributed by atoms with E-state index in [1.807, 2.05) is 19.1 Å². The third-order valence-corrected chi connectivity index (χ3v) is 4.08. The van der Waals surface area contributed by atoms with Crippen LogP contribution in [0.3, 0.4) is 0 Å². The fraction of sp³-hybridized carbons (Fsp3) is 0.353. The smallest absolute Gasteiger partial charge is 0.339 e. The van der Waals surface area contributed by atoms with E-state index in [4.69, 9.17) is 20.8 Å². The van der Waals surface area contributed by atoms with Crippen molar-refractivity contribution in [3.63, 3.8) is 0 Å². The van der Waals surface area contributed by atoms with Gasteiger partial charge in [-0.25, -0.2) is 4.79 Å². The molecule has 0 bridgehead atoms. The summed E-state index contributed by atoms with van der Waals surface area (Å²) in [7, 11) is 0. The molecule has 2 aromatic rings. The number of aryl methyl sites for hydroxylation is 2. The van der Waals surface area contributed by atoms with Gasteiger partial charge in [-0.2, -0.15) is 0 Å². The first kappa shape index (κ1) is 14.2. The van der Waals surface area contributed by atoms with Gasteiger partial charge in [0.1, 0.15) is 17.9 Å². The fourth-order valence-corrected chi connectivity index (χ4v) is 2.99. The molecule has 3 rings (SSSR count). The van der Waals surface area contributed by atoms with Gasteiger partial charge in [0.05, 0.1) is 0 Å². The van der Waals surface area contributed by atoms with Gasteiger partial charge in [-0.05, 0) is 50.3 Å². The first-order valence-corrected chi connectivity index (χ1v) is 7.50. The van der Waals surface area contributed by atoms with Crippen LogP contribution in [0.5, 0.6) is 5.75 Å².